The predicted octanol–water partition coefficient (Wildman–Crippen LogP) is 3.38. The third-order valence-corrected chi connectivity index (χ3v) is 3.22. The zero-order valence-electron chi connectivity index (χ0n) is 12.8. The molecule has 1 N–H and O–H groups in total. The first-order valence-corrected chi connectivity index (χ1v) is 6.80. The minimum Gasteiger partial charge on any atom is -0.481 e. The molecule has 1 amide bonds. The van der Waals surface area contributed by atoms with Crippen LogP contribution in [0.5, 0.6) is 5.75 Å². The lowest BCUT2D eigenvalue weighted by Gasteiger charge is -2.26. The van der Waals surface area contributed by atoms with Gasteiger partial charge in [0.2, 0.25) is 0 Å². The second-order valence-electron chi connectivity index (χ2n) is 5.81. The summed E-state index contributed by atoms with van der Waals surface area (Å²) < 4.78 is 5.72. The summed E-state index contributed by atoms with van der Waals surface area (Å²) in [5.41, 5.74) is 2.07. The zero-order valence-corrected chi connectivity index (χ0v) is 12.8. The van der Waals surface area contributed by atoms with Gasteiger partial charge in [-0.2, -0.15) is 0 Å². The Labute approximate surface area is 116 Å². The average Bonchev–Trinajstić information content (AvgIpc) is 2.26. The maximum Gasteiger partial charge on any atom is 0.261 e. The van der Waals surface area contributed by atoms with Crippen LogP contribution in [0.2, 0.25) is 0 Å². The maximum atomic E-state index is 12.1. The van der Waals surface area contributed by atoms with Crippen LogP contribution in [0.15, 0.2) is 18.2 Å². The van der Waals surface area contributed by atoms with Crippen LogP contribution in [0.1, 0.15) is 45.2 Å². The zero-order chi connectivity index (χ0) is 14.6. The Morgan fingerprint density at radius 2 is 1.79 bits per heavy atom. The Hall–Kier alpha value is -1.51. The van der Waals surface area contributed by atoms with Crippen LogP contribution in [0.25, 0.3) is 0 Å². The van der Waals surface area contributed by atoms with Gasteiger partial charge in [0.25, 0.3) is 5.91 Å². The number of aryl methyl sites for hydroxylation is 2. The smallest absolute Gasteiger partial charge is 0.261 e. The second-order valence-corrected chi connectivity index (χ2v) is 5.81. The number of nitrogens with one attached hydrogen (secondary N) is 1. The summed E-state index contributed by atoms with van der Waals surface area (Å²) in [6.45, 7) is 11.9. The maximum absolute atomic E-state index is 12.1. The Morgan fingerprint density at radius 1 is 1.26 bits per heavy atom. The number of amides is 1. The number of hydrogen-bond donors (Lipinski definition) is 1. The molecule has 0 aliphatic heterocycles. The Morgan fingerprint density at radius 3 is 2.26 bits per heavy atom. The normalized spacial score (nSPS) is 12.9. The van der Waals surface area contributed by atoms with Gasteiger partial charge in [0.15, 0.2) is 6.10 Å². The average molecular weight is 263 g/mol. The fourth-order valence-electron chi connectivity index (χ4n) is 1.78. The summed E-state index contributed by atoms with van der Waals surface area (Å²) in [6.07, 6.45) is 0.390. The topological polar surface area (TPSA) is 38.3 Å². The fraction of sp³-hybridized carbons (Fsp3) is 0.562. The third-order valence-electron chi connectivity index (χ3n) is 3.22. The highest BCUT2D eigenvalue weighted by Crippen LogP contribution is 2.18. The summed E-state index contributed by atoms with van der Waals surface area (Å²) in [4.78, 5) is 12.1. The van der Waals surface area contributed by atoms with Crippen molar-refractivity contribution in [3.63, 3.8) is 0 Å². The molecule has 106 valence electrons. The van der Waals surface area contributed by atoms with Crippen molar-refractivity contribution >= 4 is 5.91 Å². The molecule has 0 fully saturated rings. The van der Waals surface area contributed by atoms with Crippen LogP contribution >= 0.6 is 0 Å². The van der Waals surface area contributed by atoms with Crippen LogP contribution in [0, 0.1) is 13.8 Å². The largest absolute Gasteiger partial charge is 0.481 e. The van der Waals surface area contributed by atoms with Crippen molar-refractivity contribution in [3.8, 4) is 5.75 Å². The van der Waals surface area contributed by atoms with E-state index in [1.165, 1.54) is 0 Å². The lowest BCUT2D eigenvalue weighted by molar-refractivity contribution is -0.128. The Bertz CT molecular complexity index is 432. The van der Waals surface area contributed by atoms with Crippen molar-refractivity contribution in [2.24, 2.45) is 0 Å². The molecule has 0 saturated carbocycles. The van der Waals surface area contributed by atoms with Crippen molar-refractivity contribution < 1.29 is 9.53 Å². The molecule has 1 unspecified atom stereocenters. The molecule has 1 atom stereocenters. The highest BCUT2D eigenvalue weighted by atomic mass is 16.5. The molecule has 1 aromatic carbocycles. The first-order valence-electron chi connectivity index (χ1n) is 6.80. The van der Waals surface area contributed by atoms with E-state index in [1.807, 2.05) is 39.8 Å². The number of rotatable bonds is 5. The summed E-state index contributed by atoms with van der Waals surface area (Å²) >= 11 is 0. The van der Waals surface area contributed by atoms with Gasteiger partial charge in [-0.1, -0.05) is 13.0 Å². The van der Waals surface area contributed by atoms with Crippen LogP contribution in [-0.4, -0.2) is 17.6 Å². The molecular weight excluding hydrogens is 238 g/mol. The number of carbonyl (C=O) groups excluding carboxylic acids is 1. The van der Waals surface area contributed by atoms with Crippen LogP contribution < -0.4 is 10.1 Å². The molecule has 0 aliphatic carbocycles. The predicted molar refractivity (Wildman–Crippen MR) is 78.5 cm³/mol. The number of carbonyl (C=O) groups is 1. The first-order chi connectivity index (χ1) is 8.73. The highest BCUT2D eigenvalue weighted by molar-refractivity contribution is 5.81. The summed E-state index contributed by atoms with van der Waals surface area (Å²) in [5, 5.41) is 2.99. The lowest BCUT2D eigenvalue weighted by atomic mass is 10.0. The molecule has 0 aromatic heterocycles. The van der Waals surface area contributed by atoms with Crippen molar-refractivity contribution in [2.45, 2.75) is 59.6 Å². The fourth-order valence-corrected chi connectivity index (χ4v) is 1.78. The molecule has 0 heterocycles. The molecule has 0 radical (unpaired) electrons. The first kappa shape index (κ1) is 15.5. The molecule has 1 aromatic rings. The minimum absolute atomic E-state index is 0.0778. The standard InChI is InChI=1S/C16H25NO2/c1-7-16(5,6)17-15(18)13(4)19-14-9-11(2)8-12(3)10-14/h8-10,13H,7H2,1-6H3,(H,17,18). The van der Waals surface area contributed by atoms with E-state index in [-0.39, 0.29) is 11.4 Å². The second kappa shape index (κ2) is 6.09. The molecule has 0 aliphatic rings. The van der Waals surface area contributed by atoms with E-state index in [9.17, 15) is 4.79 Å². The van der Waals surface area contributed by atoms with E-state index < -0.39 is 6.10 Å². The van der Waals surface area contributed by atoms with Crippen LogP contribution in [0.4, 0.5) is 0 Å². The highest BCUT2D eigenvalue weighted by Gasteiger charge is 2.22. The summed E-state index contributed by atoms with van der Waals surface area (Å²) in [7, 11) is 0. The van der Waals surface area contributed by atoms with Crippen molar-refractivity contribution in [1.82, 2.24) is 5.32 Å². The van der Waals surface area contributed by atoms with Gasteiger partial charge in [-0.15, -0.1) is 0 Å². The van der Waals surface area contributed by atoms with Gasteiger partial charge in [0, 0.05) is 5.54 Å². The molecule has 3 nitrogen and oxygen atoms in total. The summed E-state index contributed by atoms with van der Waals surface area (Å²) in [6, 6.07) is 5.97. The van der Waals surface area contributed by atoms with Gasteiger partial charge >= 0.3 is 0 Å². The van der Waals surface area contributed by atoms with Gasteiger partial charge in [0.1, 0.15) is 5.75 Å². The SMILES string of the molecule is CCC(C)(C)NC(=O)C(C)Oc1cc(C)cc(C)c1. The van der Waals surface area contributed by atoms with Gasteiger partial charge in [-0.05, 0) is 64.3 Å². The minimum atomic E-state index is -0.493. The lowest BCUT2D eigenvalue weighted by Crippen LogP contribution is -2.48. The quantitative estimate of drug-likeness (QED) is 0.884. The van der Waals surface area contributed by atoms with Crippen molar-refractivity contribution in [3.05, 3.63) is 29.3 Å². The Balaban J connectivity index is 2.68. The van der Waals surface area contributed by atoms with Crippen molar-refractivity contribution in [2.75, 3.05) is 0 Å². The number of hydrogen-bond acceptors (Lipinski definition) is 2. The van der Waals surface area contributed by atoms with Gasteiger partial charge in [0.05, 0.1) is 0 Å². The van der Waals surface area contributed by atoms with Crippen LogP contribution in [0.3, 0.4) is 0 Å². The molecule has 0 bridgehead atoms. The van der Waals surface area contributed by atoms with E-state index in [0.29, 0.717) is 0 Å². The van der Waals surface area contributed by atoms with E-state index in [0.717, 1.165) is 23.3 Å². The van der Waals surface area contributed by atoms with Crippen LogP contribution in [-0.2, 0) is 4.79 Å². The molecule has 19 heavy (non-hydrogen) atoms. The third kappa shape index (κ3) is 4.93. The van der Waals surface area contributed by atoms with E-state index >= 15 is 0 Å². The van der Waals surface area contributed by atoms with Gasteiger partial charge in [-0.25, -0.2) is 0 Å². The number of ether oxygens (including phenoxy) is 1. The monoisotopic (exact) mass is 263 g/mol. The molecule has 3 heteroatoms. The van der Waals surface area contributed by atoms with E-state index in [4.69, 9.17) is 4.74 Å². The number of benzene rings is 1. The molecular formula is C16H25NO2. The Kier molecular flexibility index (Phi) is 4.98. The molecule has 0 saturated heterocycles. The van der Waals surface area contributed by atoms with E-state index in [1.54, 1.807) is 6.92 Å². The van der Waals surface area contributed by atoms with Gasteiger partial charge in [-0.3, -0.25) is 4.79 Å². The van der Waals surface area contributed by atoms with Crippen molar-refractivity contribution in [1.29, 1.82) is 0 Å². The molecule has 0 spiro atoms. The van der Waals surface area contributed by atoms with Gasteiger partial charge < -0.3 is 10.1 Å². The summed E-state index contributed by atoms with van der Waals surface area (Å²) in [5.74, 6) is 0.667. The molecule has 1 rings (SSSR count). The van der Waals surface area contributed by atoms with E-state index in [2.05, 4.69) is 18.3 Å².